The first-order valence-electron chi connectivity index (χ1n) is 5.07. The van der Waals surface area contributed by atoms with Crippen molar-refractivity contribution in [1.82, 2.24) is 4.98 Å². The zero-order valence-corrected chi connectivity index (χ0v) is 8.66. The van der Waals surface area contributed by atoms with Crippen molar-refractivity contribution in [2.75, 3.05) is 5.32 Å². The second-order valence-electron chi connectivity index (χ2n) is 4.24. The fraction of sp³-hybridized carbons (Fsp3) is 0.455. The van der Waals surface area contributed by atoms with E-state index in [0.717, 1.165) is 12.8 Å². The molecule has 0 radical (unpaired) electrons. The number of carboxylic acid groups (broad SMARTS) is 1. The van der Waals surface area contributed by atoms with Gasteiger partial charge < -0.3 is 10.4 Å². The molecule has 1 aromatic rings. The summed E-state index contributed by atoms with van der Waals surface area (Å²) in [5.41, 5.74) is 0.268. The molecule has 15 heavy (non-hydrogen) atoms. The van der Waals surface area contributed by atoms with Gasteiger partial charge in [-0.1, -0.05) is 0 Å². The van der Waals surface area contributed by atoms with Crippen molar-refractivity contribution >= 4 is 11.8 Å². The quantitative estimate of drug-likeness (QED) is 0.795. The van der Waals surface area contributed by atoms with Crippen LogP contribution in [0.2, 0.25) is 0 Å². The minimum atomic E-state index is -0.937. The zero-order chi connectivity index (χ0) is 10.9. The third-order valence-corrected chi connectivity index (χ3v) is 2.92. The van der Waals surface area contributed by atoms with Crippen molar-refractivity contribution in [3.8, 4) is 0 Å². The minimum absolute atomic E-state index is 0.0263. The van der Waals surface area contributed by atoms with Crippen LogP contribution >= 0.6 is 0 Å². The van der Waals surface area contributed by atoms with Gasteiger partial charge in [0.2, 0.25) is 0 Å². The van der Waals surface area contributed by atoms with E-state index in [1.807, 2.05) is 0 Å². The summed E-state index contributed by atoms with van der Waals surface area (Å²) in [6.07, 6.45) is 4.95. The van der Waals surface area contributed by atoms with Crippen molar-refractivity contribution in [3.05, 3.63) is 23.9 Å². The van der Waals surface area contributed by atoms with E-state index in [0.29, 0.717) is 5.82 Å². The molecule has 0 aliphatic heterocycles. The number of nitrogens with zero attached hydrogens (tertiary/aromatic N) is 1. The lowest BCUT2D eigenvalue weighted by atomic mass is 9.78. The van der Waals surface area contributed by atoms with Crippen LogP contribution in [-0.2, 0) is 0 Å². The molecule has 1 aromatic heterocycles. The monoisotopic (exact) mass is 206 g/mol. The Kier molecular flexibility index (Phi) is 2.34. The summed E-state index contributed by atoms with van der Waals surface area (Å²) in [5, 5.41) is 12.2. The molecule has 1 heterocycles. The fourth-order valence-electron chi connectivity index (χ4n) is 1.80. The van der Waals surface area contributed by atoms with Crippen LogP contribution in [-0.4, -0.2) is 21.6 Å². The van der Waals surface area contributed by atoms with Gasteiger partial charge >= 0.3 is 5.97 Å². The molecule has 80 valence electrons. The summed E-state index contributed by atoms with van der Waals surface area (Å²) in [7, 11) is 0. The average molecular weight is 206 g/mol. The van der Waals surface area contributed by atoms with Gasteiger partial charge in [-0.2, -0.15) is 0 Å². The van der Waals surface area contributed by atoms with E-state index in [4.69, 9.17) is 5.11 Å². The third-order valence-electron chi connectivity index (χ3n) is 2.92. The lowest BCUT2D eigenvalue weighted by Crippen LogP contribution is -2.42. The molecule has 4 heteroatoms. The van der Waals surface area contributed by atoms with E-state index in [-0.39, 0.29) is 11.1 Å². The van der Waals surface area contributed by atoms with Crippen molar-refractivity contribution < 1.29 is 9.90 Å². The van der Waals surface area contributed by atoms with Crippen LogP contribution in [0.25, 0.3) is 0 Å². The maximum Gasteiger partial charge on any atom is 0.339 e. The van der Waals surface area contributed by atoms with E-state index in [9.17, 15) is 4.79 Å². The first-order chi connectivity index (χ1) is 7.11. The standard InChI is InChI=1S/C11H14N2O2/c1-11(5-3-6-11)13-9-8(10(14)15)4-2-7-12-9/h2,4,7H,3,5-6H2,1H3,(H,12,13)(H,14,15). The molecule has 0 bridgehead atoms. The Morgan fingerprint density at radius 2 is 2.33 bits per heavy atom. The Hall–Kier alpha value is -1.58. The largest absolute Gasteiger partial charge is 0.478 e. The number of aromatic nitrogens is 1. The molecule has 0 amide bonds. The molecule has 2 N–H and O–H groups in total. The molecule has 0 spiro atoms. The van der Waals surface area contributed by atoms with Crippen LogP contribution in [0.3, 0.4) is 0 Å². The summed E-state index contributed by atoms with van der Waals surface area (Å²) >= 11 is 0. The molecule has 1 aliphatic carbocycles. The van der Waals surface area contributed by atoms with E-state index < -0.39 is 5.97 Å². The molecule has 0 atom stereocenters. The molecule has 1 fully saturated rings. The number of nitrogens with one attached hydrogen (secondary N) is 1. The lowest BCUT2D eigenvalue weighted by Gasteiger charge is -2.39. The third kappa shape index (κ3) is 1.93. The minimum Gasteiger partial charge on any atom is -0.478 e. The maximum atomic E-state index is 10.9. The van der Waals surface area contributed by atoms with E-state index in [2.05, 4.69) is 17.2 Å². The van der Waals surface area contributed by atoms with Crippen LogP contribution in [0, 0.1) is 0 Å². The van der Waals surface area contributed by atoms with Gasteiger partial charge in [-0.15, -0.1) is 0 Å². The predicted octanol–water partition coefficient (Wildman–Crippen LogP) is 2.13. The number of anilines is 1. The number of carboxylic acids is 1. The maximum absolute atomic E-state index is 10.9. The summed E-state index contributed by atoms with van der Waals surface area (Å²) in [5.74, 6) is -0.458. The van der Waals surface area contributed by atoms with E-state index in [1.54, 1.807) is 18.3 Å². The second-order valence-corrected chi connectivity index (χ2v) is 4.24. The Labute approximate surface area is 88.3 Å². The van der Waals surface area contributed by atoms with Crippen LogP contribution in [0.15, 0.2) is 18.3 Å². The first kappa shape index (κ1) is 9.96. The number of aromatic carboxylic acids is 1. The highest BCUT2D eigenvalue weighted by atomic mass is 16.4. The van der Waals surface area contributed by atoms with Gasteiger partial charge in [-0.25, -0.2) is 9.78 Å². The summed E-state index contributed by atoms with van der Waals surface area (Å²) in [6.45, 7) is 2.09. The van der Waals surface area contributed by atoms with Crippen LogP contribution in [0.1, 0.15) is 36.5 Å². The molecule has 1 aliphatic rings. The fourth-order valence-corrected chi connectivity index (χ4v) is 1.80. The highest BCUT2D eigenvalue weighted by molar-refractivity contribution is 5.93. The molecule has 0 saturated heterocycles. The number of carbonyl (C=O) groups is 1. The predicted molar refractivity (Wildman–Crippen MR) is 57.1 cm³/mol. The highest BCUT2D eigenvalue weighted by Gasteiger charge is 2.32. The number of hydrogen-bond acceptors (Lipinski definition) is 3. The van der Waals surface area contributed by atoms with Crippen LogP contribution < -0.4 is 5.32 Å². The van der Waals surface area contributed by atoms with Crippen LogP contribution in [0.5, 0.6) is 0 Å². The average Bonchev–Trinajstić information content (AvgIpc) is 2.16. The summed E-state index contributed by atoms with van der Waals surface area (Å²) in [6, 6.07) is 3.21. The van der Waals surface area contributed by atoms with Crippen LogP contribution in [0.4, 0.5) is 5.82 Å². The van der Waals surface area contributed by atoms with Gasteiger partial charge in [0.05, 0.1) is 0 Å². The van der Waals surface area contributed by atoms with Crippen molar-refractivity contribution in [1.29, 1.82) is 0 Å². The second kappa shape index (κ2) is 3.53. The summed E-state index contributed by atoms with van der Waals surface area (Å²) in [4.78, 5) is 15.0. The van der Waals surface area contributed by atoms with E-state index in [1.165, 1.54) is 6.42 Å². The van der Waals surface area contributed by atoms with Crippen molar-refractivity contribution in [2.45, 2.75) is 31.7 Å². The molecule has 2 rings (SSSR count). The highest BCUT2D eigenvalue weighted by Crippen LogP contribution is 2.34. The Morgan fingerprint density at radius 3 is 2.87 bits per heavy atom. The Morgan fingerprint density at radius 1 is 1.60 bits per heavy atom. The molecule has 0 aromatic carbocycles. The molecule has 4 nitrogen and oxygen atoms in total. The number of pyridine rings is 1. The van der Waals surface area contributed by atoms with Gasteiger partial charge in [0.1, 0.15) is 11.4 Å². The van der Waals surface area contributed by atoms with Gasteiger partial charge in [-0.05, 0) is 38.3 Å². The smallest absolute Gasteiger partial charge is 0.339 e. The topological polar surface area (TPSA) is 62.2 Å². The first-order valence-corrected chi connectivity index (χ1v) is 5.07. The van der Waals surface area contributed by atoms with E-state index >= 15 is 0 Å². The Balaban J connectivity index is 2.23. The van der Waals surface area contributed by atoms with Crippen molar-refractivity contribution in [2.24, 2.45) is 0 Å². The van der Waals surface area contributed by atoms with Gasteiger partial charge in [0, 0.05) is 11.7 Å². The molecule has 1 saturated carbocycles. The lowest BCUT2D eigenvalue weighted by molar-refractivity contribution is 0.0697. The normalized spacial score (nSPS) is 17.9. The SMILES string of the molecule is CC1(Nc2ncccc2C(=O)O)CCC1. The Bertz CT molecular complexity index is 386. The zero-order valence-electron chi connectivity index (χ0n) is 8.66. The van der Waals surface area contributed by atoms with Gasteiger partial charge in [0.25, 0.3) is 0 Å². The number of rotatable bonds is 3. The molecular formula is C11H14N2O2. The molecule has 0 unspecified atom stereocenters. The summed E-state index contributed by atoms with van der Waals surface area (Å²) < 4.78 is 0. The van der Waals surface area contributed by atoms with Gasteiger partial charge in [0.15, 0.2) is 0 Å². The van der Waals surface area contributed by atoms with Crippen molar-refractivity contribution in [3.63, 3.8) is 0 Å². The number of hydrogen-bond donors (Lipinski definition) is 2. The van der Waals surface area contributed by atoms with Gasteiger partial charge in [-0.3, -0.25) is 0 Å². The molecular weight excluding hydrogens is 192 g/mol.